The van der Waals surface area contributed by atoms with Crippen molar-refractivity contribution in [1.29, 1.82) is 5.26 Å². The van der Waals surface area contributed by atoms with Crippen LogP contribution in [-0.2, 0) is 27.5 Å². The molecule has 0 aromatic heterocycles. The number of fused-ring (bicyclic) bond motifs is 1. The zero-order valence-electron chi connectivity index (χ0n) is 24.6. The van der Waals surface area contributed by atoms with E-state index in [4.69, 9.17) is 4.74 Å². The maximum absolute atomic E-state index is 13.7. The summed E-state index contributed by atoms with van der Waals surface area (Å²) in [6, 6.07) is 18.5. The van der Waals surface area contributed by atoms with Gasteiger partial charge >= 0.3 is 6.09 Å². The van der Waals surface area contributed by atoms with E-state index >= 15 is 0 Å². The van der Waals surface area contributed by atoms with Crippen molar-refractivity contribution >= 4 is 23.5 Å². The maximum atomic E-state index is 13.7. The molecule has 0 bridgehead atoms. The molecule has 0 spiro atoms. The van der Waals surface area contributed by atoms with Gasteiger partial charge in [0.2, 0.25) is 5.91 Å². The highest BCUT2D eigenvalue weighted by molar-refractivity contribution is 5.92. The number of ketones is 1. The minimum absolute atomic E-state index is 0.0757. The zero-order chi connectivity index (χ0) is 29.8. The van der Waals surface area contributed by atoms with Gasteiger partial charge in [-0.3, -0.25) is 14.5 Å². The van der Waals surface area contributed by atoms with Crippen molar-refractivity contribution in [1.82, 2.24) is 15.5 Å². The molecule has 0 saturated heterocycles. The number of hydrogen-bond acceptors (Lipinski definition) is 7. The smallest absolute Gasteiger partial charge is 0.408 e. The lowest BCUT2D eigenvalue weighted by molar-refractivity contribution is -0.133. The fourth-order valence-electron chi connectivity index (χ4n) is 4.88. The number of para-hydroxylation sites is 1. The summed E-state index contributed by atoms with van der Waals surface area (Å²) in [6.07, 6.45) is -0.140. The zero-order valence-corrected chi connectivity index (χ0v) is 24.6. The first-order chi connectivity index (χ1) is 19.7. The Bertz CT molecular complexity index is 1190. The molecule has 0 fully saturated rings. The summed E-state index contributed by atoms with van der Waals surface area (Å²) in [4.78, 5) is 43.9. The molecular formula is C32H43N5O4. The number of ether oxygens (including phenoxy) is 1. The molecule has 220 valence electrons. The molecule has 9 nitrogen and oxygen atoms in total. The Morgan fingerprint density at radius 2 is 1.66 bits per heavy atom. The molecule has 2 atom stereocenters. The van der Waals surface area contributed by atoms with Gasteiger partial charge in [-0.15, -0.1) is 0 Å². The molecular weight excluding hydrogens is 518 g/mol. The number of nitrogens with zero attached hydrogens (tertiary/aromatic N) is 3. The second kappa shape index (κ2) is 15.8. The number of carbonyl (C=O) groups excluding carboxylic acids is 3. The Hall–Kier alpha value is -3.90. The molecule has 3 rings (SSSR count). The molecule has 1 unspecified atom stereocenters. The summed E-state index contributed by atoms with van der Waals surface area (Å²) in [6.45, 7) is 9.84. The molecule has 1 aliphatic rings. The van der Waals surface area contributed by atoms with Gasteiger partial charge in [0, 0.05) is 31.7 Å². The Labute approximate surface area is 243 Å². The monoisotopic (exact) mass is 561 g/mol. The minimum atomic E-state index is -0.868. The van der Waals surface area contributed by atoms with E-state index in [1.54, 1.807) is 0 Å². The summed E-state index contributed by atoms with van der Waals surface area (Å²) < 4.78 is 5.38. The van der Waals surface area contributed by atoms with E-state index in [0.717, 1.165) is 16.8 Å². The number of nitriles is 1. The van der Waals surface area contributed by atoms with E-state index in [-0.39, 0.29) is 24.9 Å². The second-order valence-corrected chi connectivity index (χ2v) is 11.4. The molecule has 2 amide bonds. The normalized spacial score (nSPS) is 14.9. The molecule has 1 heterocycles. The molecule has 2 N–H and O–H groups in total. The standard InChI is InChI=1S/C32H43N5O4/c1-23(2)14-15-29(38)30(37-19-18-36(17-16-33)28-13-9-8-12-26(28)21-37)35-31(39)27(20-24(3)4)34-32(40)41-22-25-10-6-5-7-11-25/h5-13,23-24,27,30H,14-15,17-22H2,1-4H3,(H,34,40)(H,35,39)/t27-,30?/m0/s1. The number of anilines is 1. The number of carbonyl (C=O) groups is 3. The topological polar surface area (TPSA) is 115 Å². The van der Waals surface area contributed by atoms with Crippen molar-refractivity contribution in [3.05, 3.63) is 65.7 Å². The van der Waals surface area contributed by atoms with Gasteiger partial charge in [0.15, 0.2) is 5.78 Å². The van der Waals surface area contributed by atoms with Gasteiger partial charge in [0.1, 0.15) is 25.4 Å². The Morgan fingerprint density at radius 1 is 0.951 bits per heavy atom. The van der Waals surface area contributed by atoms with Gasteiger partial charge < -0.3 is 20.3 Å². The number of amides is 2. The first-order valence-electron chi connectivity index (χ1n) is 14.4. The van der Waals surface area contributed by atoms with Gasteiger partial charge in [0.05, 0.1) is 6.07 Å². The summed E-state index contributed by atoms with van der Waals surface area (Å²) >= 11 is 0. The summed E-state index contributed by atoms with van der Waals surface area (Å²) in [5, 5.41) is 15.1. The van der Waals surface area contributed by atoms with Crippen LogP contribution in [-0.4, -0.2) is 54.5 Å². The number of rotatable bonds is 13. The van der Waals surface area contributed by atoms with E-state index in [2.05, 4.69) is 30.6 Å². The third-order valence-corrected chi connectivity index (χ3v) is 7.07. The van der Waals surface area contributed by atoms with Crippen LogP contribution in [0.1, 0.15) is 58.1 Å². The third kappa shape index (κ3) is 9.90. The van der Waals surface area contributed by atoms with Crippen molar-refractivity contribution in [2.45, 2.75) is 72.3 Å². The fraction of sp³-hybridized carbons (Fsp3) is 0.500. The lowest BCUT2D eigenvalue weighted by atomic mass is 10.0. The number of benzene rings is 2. The maximum Gasteiger partial charge on any atom is 0.408 e. The molecule has 2 aromatic rings. The van der Waals surface area contributed by atoms with Gasteiger partial charge in [-0.25, -0.2) is 4.79 Å². The fourth-order valence-corrected chi connectivity index (χ4v) is 4.88. The second-order valence-electron chi connectivity index (χ2n) is 11.4. The number of hydrogen-bond donors (Lipinski definition) is 2. The van der Waals surface area contributed by atoms with Gasteiger partial charge in [0.25, 0.3) is 0 Å². The highest BCUT2D eigenvalue weighted by Gasteiger charge is 2.33. The van der Waals surface area contributed by atoms with E-state index in [1.807, 2.05) is 78.2 Å². The van der Waals surface area contributed by atoms with Crippen LogP contribution in [0.3, 0.4) is 0 Å². The van der Waals surface area contributed by atoms with Gasteiger partial charge in [-0.05, 0) is 41.9 Å². The van der Waals surface area contributed by atoms with E-state index < -0.39 is 24.2 Å². The van der Waals surface area contributed by atoms with Crippen molar-refractivity contribution < 1.29 is 19.1 Å². The molecule has 2 aromatic carbocycles. The Morgan fingerprint density at radius 3 is 2.34 bits per heavy atom. The number of Topliss-reactive ketones (excluding diaryl/α,β-unsaturated/α-hetero) is 1. The molecule has 0 saturated carbocycles. The largest absolute Gasteiger partial charge is 0.445 e. The minimum Gasteiger partial charge on any atom is -0.445 e. The van der Waals surface area contributed by atoms with Crippen LogP contribution in [0.2, 0.25) is 0 Å². The summed E-state index contributed by atoms with van der Waals surface area (Å²) in [7, 11) is 0. The van der Waals surface area contributed by atoms with Crippen molar-refractivity contribution in [2.75, 3.05) is 24.5 Å². The highest BCUT2D eigenvalue weighted by atomic mass is 16.5. The molecule has 1 aliphatic heterocycles. The van der Waals surface area contributed by atoms with E-state index in [9.17, 15) is 19.6 Å². The van der Waals surface area contributed by atoms with Crippen LogP contribution in [0.15, 0.2) is 54.6 Å². The van der Waals surface area contributed by atoms with Crippen molar-refractivity contribution in [2.24, 2.45) is 11.8 Å². The first-order valence-corrected chi connectivity index (χ1v) is 14.4. The Balaban J connectivity index is 1.79. The van der Waals surface area contributed by atoms with Crippen LogP contribution in [0.25, 0.3) is 0 Å². The third-order valence-electron chi connectivity index (χ3n) is 7.07. The van der Waals surface area contributed by atoms with Gasteiger partial charge in [-0.2, -0.15) is 5.26 Å². The summed E-state index contributed by atoms with van der Waals surface area (Å²) in [5.41, 5.74) is 2.78. The average Bonchev–Trinajstić information content (AvgIpc) is 3.13. The quantitative estimate of drug-likeness (QED) is 0.343. The van der Waals surface area contributed by atoms with Crippen LogP contribution in [0.5, 0.6) is 0 Å². The van der Waals surface area contributed by atoms with Crippen molar-refractivity contribution in [3.63, 3.8) is 0 Å². The van der Waals surface area contributed by atoms with E-state index in [1.165, 1.54) is 0 Å². The lowest BCUT2D eigenvalue weighted by Crippen LogP contribution is -2.58. The van der Waals surface area contributed by atoms with Crippen LogP contribution in [0, 0.1) is 23.2 Å². The summed E-state index contributed by atoms with van der Waals surface area (Å²) in [5.74, 6) is -0.0567. The van der Waals surface area contributed by atoms with Crippen molar-refractivity contribution in [3.8, 4) is 6.07 Å². The molecule has 0 aliphatic carbocycles. The first kappa shape index (κ1) is 31.6. The number of nitrogens with one attached hydrogen (secondary N) is 2. The van der Waals surface area contributed by atoms with E-state index in [0.29, 0.717) is 44.8 Å². The highest BCUT2D eigenvalue weighted by Crippen LogP contribution is 2.26. The predicted octanol–water partition coefficient (Wildman–Crippen LogP) is 4.62. The molecule has 0 radical (unpaired) electrons. The number of alkyl carbamates (subject to hydrolysis) is 1. The molecule has 41 heavy (non-hydrogen) atoms. The van der Waals surface area contributed by atoms with Crippen LogP contribution < -0.4 is 15.5 Å². The van der Waals surface area contributed by atoms with Crippen LogP contribution >= 0.6 is 0 Å². The average molecular weight is 562 g/mol. The van der Waals surface area contributed by atoms with Gasteiger partial charge in [-0.1, -0.05) is 76.2 Å². The predicted molar refractivity (Wildman–Crippen MR) is 159 cm³/mol. The Kier molecular flexibility index (Phi) is 12.2. The molecule has 9 heteroatoms. The lowest BCUT2D eigenvalue weighted by Gasteiger charge is -2.32. The van der Waals surface area contributed by atoms with Crippen LogP contribution in [0.4, 0.5) is 10.5 Å². The SMILES string of the molecule is CC(C)CCC(=O)C(NC(=O)[C@H](CC(C)C)NC(=O)OCc1ccccc1)N1CCN(CC#N)c2ccccc2C1.